The van der Waals surface area contributed by atoms with E-state index in [2.05, 4.69) is 38.7 Å². The number of anilines is 1. The van der Waals surface area contributed by atoms with Crippen molar-refractivity contribution in [1.82, 2.24) is 24.5 Å². The number of hydrogen-bond acceptors (Lipinski definition) is 7. The molecule has 0 atom stereocenters. The number of imidazole rings is 1. The normalized spacial score (nSPS) is 11.1. The van der Waals surface area contributed by atoms with Gasteiger partial charge in [-0.3, -0.25) is 0 Å². The first-order valence-corrected chi connectivity index (χ1v) is 9.82. The van der Waals surface area contributed by atoms with Crippen molar-refractivity contribution in [3.05, 3.63) is 55.0 Å². The summed E-state index contributed by atoms with van der Waals surface area (Å²) >= 11 is 0. The van der Waals surface area contributed by atoms with Gasteiger partial charge in [-0.2, -0.15) is 0 Å². The molecule has 0 saturated heterocycles. The Balaban J connectivity index is 1.60. The van der Waals surface area contributed by atoms with Crippen molar-refractivity contribution in [1.29, 1.82) is 0 Å². The summed E-state index contributed by atoms with van der Waals surface area (Å²) in [6.45, 7) is 5.31. The predicted molar refractivity (Wildman–Crippen MR) is 116 cm³/mol. The molecule has 0 saturated carbocycles. The van der Waals surface area contributed by atoms with Gasteiger partial charge in [0, 0.05) is 23.9 Å². The molecule has 8 heteroatoms. The van der Waals surface area contributed by atoms with Crippen LogP contribution in [0.2, 0.25) is 0 Å². The van der Waals surface area contributed by atoms with E-state index in [1.165, 1.54) is 0 Å². The minimum absolute atomic E-state index is 0.163. The van der Waals surface area contributed by atoms with E-state index in [0.717, 1.165) is 28.3 Å². The van der Waals surface area contributed by atoms with Gasteiger partial charge in [0.2, 0.25) is 5.88 Å². The zero-order valence-electron chi connectivity index (χ0n) is 17.2. The lowest BCUT2D eigenvalue weighted by molar-refractivity contribution is 0.333. The lowest BCUT2D eigenvalue weighted by Crippen LogP contribution is -2.13. The van der Waals surface area contributed by atoms with Gasteiger partial charge in [-0.25, -0.2) is 19.9 Å². The maximum atomic E-state index is 5.75. The van der Waals surface area contributed by atoms with Crippen LogP contribution in [0.25, 0.3) is 22.6 Å². The highest BCUT2D eigenvalue weighted by Gasteiger charge is 2.19. The first-order valence-electron chi connectivity index (χ1n) is 9.82. The number of para-hydroxylation sites is 1. The third-order valence-electron chi connectivity index (χ3n) is 4.60. The van der Waals surface area contributed by atoms with E-state index in [1.54, 1.807) is 19.6 Å². The Bertz CT molecular complexity index is 1110. The molecule has 0 aliphatic carbocycles. The number of ether oxygens (including phenoxy) is 2. The quantitative estimate of drug-likeness (QED) is 0.445. The molecule has 0 fully saturated rings. The highest BCUT2D eigenvalue weighted by molar-refractivity contribution is 5.86. The second-order valence-corrected chi connectivity index (χ2v) is 6.97. The highest BCUT2D eigenvalue weighted by Crippen LogP contribution is 2.30. The minimum Gasteiger partial charge on any atom is -0.492 e. The summed E-state index contributed by atoms with van der Waals surface area (Å²) in [5.41, 5.74) is 2.38. The van der Waals surface area contributed by atoms with Gasteiger partial charge in [0.15, 0.2) is 17.0 Å². The molecule has 8 nitrogen and oxygen atoms in total. The van der Waals surface area contributed by atoms with E-state index in [9.17, 15) is 0 Å². The van der Waals surface area contributed by atoms with E-state index < -0.39 is 0 Å². The molecule has 0 radical (unpaired) electrons. The number of nitrogens with one attached hydrogen (secondary N) is 1. The number of hydrogen-bond donors (Lipinski definition) is 1. The molecule has 0 unspecified atom stereocenters. The van der Waals surface area contributed by atoms with Crippen LogP contribution in [-0.2, 0) is 0 Å². The van der Waals surface area contributed by atoms with Gasteiger partial charge in [0.1, 0.15) is 24.5 Å². The third-order valence-corrected chi connectivity index (χ3v) is 4.60. The Morgan fingerprint density at radius 1 is 1.03 bits per heavy atom. The van der Waals surface area contributed by atoms with Crippen molar-refractivity contribution >= 4 is 17.0 Å². The van der Waals surface area contributed by atoms with Gasteiger partial charge in [0.05, 0.1) is 13.7 Å². The average molecular weight is 404 g/mol. The Kier molecular flexibility index (Phi) is 5.74. The summed E-state index contributed by atoms with van der Waals surface area (Å²) in [6, 6.07) is 13.7. The van der Waals surface area contributed by atoms with Crippen LogP contribution in [0.3, 0.4) is 0 Å². The van der Waals surface area contributed by atoms with E-state index in [0.29, 0.717) is 24.8 Å². The van der Waals surface area contributed by atoms with Crippen LogP contribution < -0.4 is 14.8 Å². The molecule has 4 aromatic rings. The van der Waals surface area contributed by atoms with Crippen molar-refractivity contribution in [2.24, 2.45) is 0 Å². The first kappa shape index (κ1) is 19.6. The molecule has 0 spiro atoms. The molecule has 3 aromatic heterocycles. The highest BCUT2D eigenvalue weighted by atomic mass is 16.5. The summed E-state index contributed by atoms with van der Waals surface area (Å²) in [6.07, 6.45) is 3.31. The number of methoxy groups -OCH3 is 1. The van der Waals surface area contributed by atoms with Gasteiger partial charge in [-0.05, 0) is 32.0 Å². The minimum atomic E-state index is 0.163. The fourth-order valence-electron chi connectivity index (χ4n) is 3.22. The third kappa shape index (κ3) is 4.03. The van der Waals surface area contributed by atoms with Crippen molar-refractivity contribution in [3.63, 3.8) is 0 Å². The Morgan fingerprint density at radius 3 is 2.57 bits per heavy atom. The average Bonchev–Trinajstić information content (AvgIpc) is 3.18. The van der Waals surface area contributed by atoms with Crippen LogP contribution in [0.15, 0.2) is 55.0 Å². The predicted octanol–water partition coefficient (Wildman–Crippen LogP) is 3.97. The van der Waals surface area contributed by atoms with Crippen molar-refractivity contribution < 1.29 is 9.47 Å². The number of aromatic nitrogens is 5. The second kappa shape index (κ2) is 8.77. The molecule has 154 valence electrons. The Morgan fingerprint density at radius 2 is 1.87 bits per heavy atom. The number of nitrogens with zero attached hydrogens (tertiary/aromatic N) is 5. The van der Waals surface area contributed by atoms with E-state index in [1.807, 2.05) is 42.5 Å². The van der Waals surface area contributed by atoms with Crippen molar-refractivity contribution in [2.45, 2.75) is 19.9 Å². The van der Waals surface area contributed by atoms with Crippen LogP contribution in [0.1, 0.15) is 19.9 Å². The molecule has 1 aromatic carbocycles. The van der Waals surface area contributed by atoms with Crippen LogP contribution >= 0.6 is 0 Å². The fourth-order valence-corrected chi connectivity index (χ4v) is 3.22. The van der Waals surface area contributed by atoms with Gasteiger partial charge in [0.25, 0.3) is 0 Å². The Hall–Kier alpha value is -3.68. The van der Waals surface area contributed by atoms with Crippen LogP contribution in [0, 0.1) is 0 Å². The molecule has 0 aliphatic heterocycles. The molecule has 1 N–H and O–H groups in total. The summed E-state index contributed by atoms with van der Waals surface area (Å²) in [5.74, 6) is 2.87. The summed E-state index contributed by atoms with van der Waals surface area (Å²) in [5, 5.41) is 3.32. The largest absolute Gasteiger partial charge is 0.492 e. The van der Waals surface area contributed by atoms with E-state index >= 15 is 0 Å². The summed E-state index contributed by atoms with van der Waals surface area (Å²) in [7, 11) is 1.60. The zero-order chi connectivity index (χ0) is 20.9. The maximum absolute atomic E-state index is 5.75. The molecule has 3 heterocycles. The number of rotatable bonds is 8. The Labute approximate surface area is 174 Å². The van der Waals surface area contributed by atoms with Crippen molar-refractivity contribution in [2.75, 3.05) is 25.6 Å². The molecule has 4 rings (SSSR count). The van der Waals surface area contributed by atoms with E-state index in [4.69, 9.17) is 14.5 Å². The molecule has 0 bridgehead atoms. The topological polar surface area (TPSA) is 87.0 Å². The van der Waals surface area contributed by atoms with Crippen LogP contribution in [0.4, 0.5) is 5.82 Å². The molecule has 0 amide bonds. The van der Waals surface area contributed by atoms with E-state index in [-0.39, 0.29) is 6.04 Å². The number of benzene rings is 1. The van der Waals surface area contributed by atoms with Crippen LogP contribution in [0.5, 0.6) is 11.6 Å². The summed E-state index contributed by atoms with van der Waals surface area (Å²) in [4.78, 5) is 18.1. The number of pyridine rings is 1. The maximum Gasteiger partial charge on any atom is 0.212 e. The number of fused-ring (bicyclic) bond motifs is 1. The smallest absolute Gasteiger partial charge is 0.212 e. The summed E-state index contributed by atoms with van der Waals surface area (Å²) < 4.78 is 13.0. The first-order chi connectivity index (χ1) is 14.7. The van der Waals surface area contributed by atoms with Gasteiger partial charge < -0.3 is 19.4 Å². The zero-order valence-corrected chi connectivity index (χ0v) is 17.2. The molecule has 0 aliphatic rings. The van der Waals surface area contributed by atoms with Gasteiger partial charge in [-0.1, -0.05) is 18.2 Å². The molecular weight excluding hydrogens is 380 g/mol. The standard InChI is InChI=1S/C22H24N6O2/c1-15(2)28-21(16-9-10-18(29-3)24-13-16)27-19-20(25-14-26-22(19)28)23-11-12-30-17-7-5-4-6-8-17/h4-10,13-15H,11-12H2,1-3H3,(H,23,25,26). The van der Waals surface area contributed by atoms with Crippen LogP contribution in [-0.4, -0.2) is 44.8 Å². The SMILES string of the molecule is COc1ccc(-c2nc3c(NCCOc4ccccc4)ncnc3n2C(C)C)cn1. The molecule has 30 heavy (non-hydrogen) atoms. The second-order valence-electron chi connectivity index (χ2n) is 6.97. The fraction of sp³-hybridized carbons (Fsp3) is 0.273. The lowest BCUT2D eigenvalue weighted by atomic mass is 10.2. The van der Waals surface area contributed by atoms with Crippen molar-refractivity contribution in [3.8, 4) is 23.0 Å². The van der Waals surface area contributed by atoms with Gasteiger partial charge >= 0.3 is 0 Å². The van der Waals surface area contributed by atoms with Gasteiger partial charge in [-0.15, -0.1) is 0 Å². The molecular formula is C22H24N6O2. The lowest BCUT2D eigenvalue weighted by Gasteiger charge is -2.12. The monoisotopic (exact) mass is 404 g/mol.